The molecule has 0 aliphatic rings. The molecule has 7 heteroatoms. The SMILES string of the molecule is COC(=O)c1csc(C(=O)c2c[nH]c3cc(OC)ccc23)n1. The minimum absolute atomic E-state index is 0.136. The highest BCUT2D eigenvalue weighted by atomic mass is 32.1. The molecule has 0 bridgehead atoms. The normalized spacial score (nSPS) is 10.6. The number of hydrogen-bond donors (Lipinski definition) is 1. The number of benzene rings is 1. The molecule has 0 radical (unpaired) electrons. The molecule has 1 aromatic carbocycles. The molecule has 2 aromatic heterocycles. The first-order valence-electron chi connectivity index (χ1n) is 6.37. The third-order valence-corrected chi connectivity index (χ3v) is 4.07. The summed E-state index contributed by atoms with van der Waals surface area (Å²) in [5.41, 5.74) is 1.44. The summed E-state index contributed by atoms with van der Waals surface area (Å²) in [6.45, 7) is 0. The first kappa shape index (κ1) is 14.3. The fourth-order valence-corrected chi connectivity index (χ4v) is 2.85. The number of H-pyrrole nitrogens is 1. The van der Waals surface area contributed by atoms with Crippen LogP contribution in [-0.2, 0) is 4.74 Å². The summed E-state index contributed by atoms with van der Waals surface area (Å²) in [7, 11) is 2.86. The van der Waals surface area contributed by atoms with Crippen molar-refractivity contribution in [2.24, 2.45) is 0 Å². The molecule has 0 fully saturated rings. The highest BCUT2D eigenvalue weighted by molar-refractivity contribution is 7.12. The molecule has 3 aromatic rings. The highest BCUT2D eigenvalue weighted by Crippen LogP contribution is 2.26. The van der Waals surface area contributed by atoms with Crippen molar-refractivity contribution in [3.8, 4) is 5.75 Å². The van der Waals surface area contributed by atoms with E-state index in [1.54, 1.807) is 19.4 Å². The van der Waals surface area contributed by atoms with Gasteiger partial charge in [0, 0.05) is 28.5 Å². The van der Waals surface area contributed by atoms with Crippen LogP contribution in [0.1, 0.15) is 25.9 Å². The van der Waals surface area contributed by atoms with E-state index in [1.807, 2.05) is 12.1 Å². The second kappa shape index (κ2) is 5.61. The number of carbonyl (C=O) groups excluding carboxylic acids is 2. The van der Waals surface area contributed by atoms with Crippen LogP contribution in [0.25, 0.3) is 10.9 Å². The van der Waals surface area contributed by atoms with Crippen LogP contribution in [-0.4, -0.2) is 35.9 Å². The van der Waals surface area contributed by atoms with E-state index in [4.69, 9.17) is 4.74 Å². The first-order chi connectivity index (χ1) is 10.6. The lowest BCUT2D eigenvalue weighted by Crippen LogP contribution is -2.04. The Morgan fingerprint density at radius 1 is 1.27 bits per heavy atom. The van der Waals surface area contributed by atoms with Crippen molar-refractivity contribution in [3.05, 3.63) is 46.0 Å². The summed E-state index contributed by atoms with van der Waals surface area (Å²) in [6.07, 6.45) is 1.63. The van der Waals surface area contributed by atoms with Gasteiger partial charge in [-0.2, -0.15) is 0 Å². The van der Waals surface area contributed by atoms with Crippen LogP contribution in [0.4, 0.5) is 0 Å². The number of aromatic amines is 1. The third-order valence-electron chi connectivity index (χ3n) is 3.23. The van der Waals surface area contributed by atoms with Gasteiger partial charge in [0.1, 0.15) is 5.75 Å². The van der Waals surface area contributed by atoms with Crippen molar-refractivity contribution in [1.29, 1.82) is 0 Å². The second-order valence-electron chi connectivity index (χ2n) is 4.47. The van der Waals surface area contributed by atoms with Gasteiger partial charge in [-0.15, -0.1) is 11.3 Å². The molecule has 112 valence electrons. The number of carbonyl (C=O) groups is 2. The Balaban J connectivity index is 1.98. The minimum atomic E-state index is -0.557. The fourth-order valence-electron chi connectivity index (χ4n) is 2.11. The number of methoxy groups -OCH3 is 2. The van der Waals surface area contributed by atoms with Crippen molar-refractivity contribution in [3.63, 3.8) is 0 Å². The summed E-state index contributed by atoms with van der Waals surface area (Å²) in [5.74, 6) is -0.0916. The van der Waals surface area contributed by atoms with Gasteiger partial charge in [-0.1, -0.05) is 0 Å². The van der Waals surface area contributed by atoms with E-state index in [9.17, 15) is 9.59 Å². The number of nitrogens with one attached hydrogen (secondary N) is 1. The third kappa shape index (κ3) is 2.35. The van der Waals surface area contributed by atoms with Crippen LogP contribution in [0.2, 0.25) is 0 Å². The number of hydrogen-bond acceptors (Lipinski definition) is 6. The van der Waals surface area contributed by atoms with E-state index in [0.29, 0.717) is 11.3 Å². The van der Waals surface area contributed by atoms with Crippen molar-refractivity contribution in [2.75, 3.05) is 14.2 Å². The monoisotopic (exact) mass is 316 g/mol. The largest absolute Gasteiger partial charge is 0.497 e. The molecule has 3 rings (SSSR count). The van der Waals surface area contributed by atoms with Gasteiger partial charge in [-0.3, -0.25) is 4.79 Å². The molecule has 1 N–H and O–H groups in total. The molecule has 0 amide bonds. The summed E-state index contributed by atoms with van der Waals surface area (Å²) in [6, 6.07) is 5.41. The summed E-state index contributed by atoms with van der Waals surface area (Å²) >= 11 is 1.12. The molecular weight excluding hydrogens is 304 g/mol. The Kier molecular flexibility index (Phi) is 3.64. The Hall–Kier alpha value is -2.67. The fraction of sp³-hybridized carbons (Fsp3) is 0.133. The average molecular weight is 316 g/mol. The molecular formula is C15H12N2O4S. The Morgan fingerprint density at radius 3 is 2.82 bits per heavy atom. The van der Waals surface area contributed by atoms with Gasteiger partial charge in [0.05, 0.1) is 19.8 Å². The lowest BCUT2D eigenvalue weighted by atomic mass is 10.1. The number of ether oxygens (including phenoxy) is 2. The smallest absolute Gasteiger partial charge is 0.357 e. The summed E-state index contributed by atoms with van der Waals surface area (Å²) < 4.78 is 9.74. The maximum Gasteiger partial charge on any atom is 0.357 e. The molecule has 22 heavy (non-hydrogen) atoms. The predicted octanol–water partition coefficient (Wildman–Crippen LogP) is 2.65. The summed E-state index contributed by atoms with van der Waals surface area (Å²) in [5, 5.41) is 2.54. The predicted molar refractivity (Wildman–Crippen MR) is 81.7 cm³/mol. The van der Waals surface area contributed by atoms with Crippen LogP contribution in [0.15, 0.2) is 29.8 Å². The van der Waals surface area contributed by atoms with Crippen LogP contribution >= 0.6 is 11.3 Å². The maximum atomic E-state index is 12.5. The van der Waals surface area contributed by atoms with E-state index in [2.05, 4.69) is 14.7 Å². The van der Waals surface area contributed by atoms with Crippen molar-refractivity contribution < 1.29 is 19.1 Å². The number of aromatic nitrogens is 2. The van der Waals surface area contributed by atoms with Crippen LogP contribution in [0.3, 0.4) is 0 Å². The van der Waals surface area contributed by atoms with E-state index in [-0.39, 0.29) is 16.5 Å². The van der Waals surface area contributed by atoms with Crippen molar-refractivity contribution in [1.82, 2.24) is 9.97 Å². The standard InChI is InChI=1S/C15H12N2O4S/c1-20-8-3-4-9-10(6-16-11(9)5-8)13(18)14-17-12(7-22-14)15(19)21-2/h3-7,16H,1-2H3. The Bertz CT molecular complexity index is 865. The van der Waals surface area contributed by atoms with E-state index < -0.39 is 5.97 Å². The number of thiazole rings is 1. The van der Waals surface area contributed by atoms with Gasteiger partial charge in [-0.05, 0) is 12.1 Å². The van der Waals surface area contributed by atoms with E-state index >= 15 is 0 Å². The van der Waals surface area contributed by atoms with E-state index in [0.717, 1.165) is 22.2 Å². The van der Waals surface area contributed by atoms with Crippen molar-refractivity contribution in [2.45, 2.75) is 0 Å². The maximum absolute atomic E-state index is 12.5. The number of fused-ring (bicyclic) bond motifs is 1. The Labute approximate surface area is 129 Å². The lowest BCUT2D eigenvalue weighted by Gasteiger charge is -1.99. The zero-order chi connectivity index (χ0) is 15.7. The molecule has 0 unspecified atom stereocenters. The number of nitrogens with zero attached hydrogens (tertiary/aromatic N) is 1. The molecule has 0 aliphatic carbocycles. The molecule has 0 atom stereocenters. The number of rotatable bonds is 4. The molecule has 0 aliphatic heterocycles. The van der Waals surface area contributed by atoms with Gasteiger partial charge >= 0.3 is 5.97 Å². The number of ketones is 1. The summed E-state index contributed by atoms with van der Waals surface area (Å²) in [4.78, 5) is 31.0. The van der Waals surface area contributed by atoms with Crippen molar-refractivity contribution >= 4 is 34.0 Å². The van der Waals surface area contributed by atoms with Crippen LogP contribution in [0, 0.1) is 0 Å². The van der Waals surface area contributed by atoms with Gasteiger partial charge in [0.2, 0.25) is 5.78 Å². The lowest BCUT2D eigenvalue weighted by molar-refractivity contribution is 0.0595. The van der Waals surface area contributed by atoms with Gasteiger partial charge in [0.15, 0.2) is 10.7 Å². The van der Waals surface area contributed by atoms with Crippen LogP contribution in [0.5, 0.6) is 5.75 Å². The molecule has 6 nitrogen and oxygen atoms in total. The molecule has 0 saturated heterocycles. The van der Waals surface area contributed by atoms with E-state index in [1.165, 1.54) is 12.5 Å². The molecule has 0 spiro atoms. The van der Waals surface area contributed by atoms with Gasteiger partial charge in [-0.25, -0.2) is 9.78 Å². The molecule has 2 heterocycles. The Morgan fingerprint density at radius 2 is 2.09 bits per heavy atom. The molecule has 0 saturated carbocycles. The zero-order valence-electron chi connectivity index (χ0n) is 11.9. The van der Waals surface area contributed by atoms with Gasteiger partial charge < -0.3 is 14.5 Å². The topological polar surface area (TPSA) is 81.3 Å². The van der Waals surface area contributed by atoms with Crippen LogP contribution < -0.4 is 4.74 Å². The average Bonchev–Trinajstić information content (AvgIpc) is 3.19. The first-order valence-corrected chi connectivity index (χ1v) is 7.25. The van der Waals surface area contributed by atoms with Gasteiger partial charge in [0.25, 0.3) is 0 Å². The highest BCUT2D eigenvalue weighted by Gasteiger charge is 2.20. The minimum Gasteiger partial charge on any atom is -0.497 e. The number of esters is 1. The quantitative estimate of drug-likeness (QED) is 0.591. The zero-order valence-corrected chi connectivity index (χ0v) is 12.7. The second-order valence-corrected chi connectivity index (χ2v) is 5.33.